The van der Waals surface area contributed by atoms with Crippen LogP contribution in [0.1, 0.15) is 18.5 Å². The first-order valence-corrected chi connectivity index (χ1v) is 7.45. The van der Waals surface area contributed by atoms with Crippen molar-refractivity contribution in [1.29, 1.82) is 0 Å². The van der Waals surface area contributed by atoms with Crippen LogP contribution < -0.4 is 5.32 Å². The molecule has 2 rings (SSSR count). The van der Waals surface area contributed by atoms with Crippen molar-refractivity contribution < 1.29 is 9.90 Å². The molecule has 1 saturated heterocycles. The highest BCUT2D eigenvalue weighted by Crippen LogP contribution is 2.30. The van der Waals surface area contributed by atoms with Gasteiger partial charge in [-0.15, -0.1) is 0 Å². The van der Waals surface area contributed by atoms with E-state index in [-0.39, 0.29) is 22.7 Å². The van der Waals surface area contributed by atoms with Crippen LogP contribution in [0.25, 0.3) is 0 Å². The van der Waals surface area contributed by atoms with E-state index in [9.17, 15) is 9.90 Å². The molecule has 1 aliphatic rings. The van der Waals surface area contributed by atoms with E-state index in [1.54, 1.807) is 37.2 Å². The normalized spacial score (nSPS) is 21.0. The number of benzene rings is 1. The lowest BCUT2D eigenvalue weighted by Gasteiger charge is -2.38. The quantitative estimate of drug-likeness (QED) is 0.887. The van der Waals surface area contributed by atoms with Gasteiger partial charge in [0.05, 0.1) is 5.02 Å². The fourth-order valence-electron chi connectivity index (χ4n) is 2.64. The van der Waals surface area contributed by atoms with E-state index in [1.807, 2.05) is 0 Å². The van der Waals surface area contributed by atoms with Gasteiger partial charge in [0.15, 0.2) is 0 Å². The molecule has 0 aromatic heterocycles. The number of phenolic OH excluding ortho intramolecular Hbond substituents is 1. The first kappa shape index (κ1) is 16.1. The number of carbonyl (C=O) groups excluding carboxylic acids is 1. The Hall–Kier alpha value is -1.30. The zero-order valence-corrected chi connectivity index (χ0v) is 13.4. The van der Waals surface area contributed by atoms with E-state index in [0.717, 1.165) is 25.2 Å². The maximum Gasteiger partial charge on any atom is 0.244 e. The number of carbonyl (C=O) groups is 1. The van der Waals surface area contributed by atoms with Gasteiger partial charge in [-0.05, 0) is 24.6 Å². The molecule has 2 N–H and O–H groups in total. The average molecular weight is 312 g/mol. The Labute approximate surface area is 130 Å². The van der Waals surface area contributed by atoms with Crippen molar-refractivity contribution in [3.63, 3.8) is 0 Å². The molecule has 1 heterocycles. The van der Waals surface area contributed by atoms with Gasteiger partial charge in [0.1, 0.15) is 11.8 Å². The number of amides is 1. The monoisotopic (exact) mass is 311 g/mol. The van der Waals surface area contributed by atoms with Gasteiger partial charge in [0.25, 0.3) is 0 Å². The molecule has 0 aliphatic carbocycles. The second-order valence-electron chi connectivity index (χ2n) is 5.70. The van der Waals surface area contributed by atoms with Crippen molar-refractivity contribution >= 4 is 17.5 Å². The minimum Gasteiger partial charge on any atom is -0.506 e. The predicted molar refractivity (Wildman–Crippen MR) is 83.6 cm³/mol. The van der Waals surface area contributed by atoms with E-state index in [0.29, 0.717) is 6.04 Å². The molecule has 116 valence electrons. The van der Waals surface area contributed by atoms with Crippen LogP contribution in [0.3, 0.4) is 0 Å². The molecule has 0 bridgehead atoms. The summed E-state index contributed by atoms with van der Waals surface area (Å²) in [7, 11) is 3.51. The lowest BCUT2D eigenvalue weighted by Crippen LogP contribution is -2.53. The Morgan fingerprint density at radius 2 is 2.24 bits per heavy atom. The predicted octanol–water partition coefficient (Wildman–Crippen LogP) is 1.47. The molecule has 0 radical (unpaired) electrons. The number of likely N-dealkylation sites (N-methyl/N-ethyl adjacent to an activating group) is 1. The van der Waals surface area contributed by atoms with Crippen LogP contribution in [0.15, 0.2) is 18.2 Å². The SMILES string of the molecule is CC1CN(C(C(=O)N(C)C)c2ccc(O)c(Cl)c2)CCN1. The molecule has 1 aliphatic heterocycles. The summed E-state index contributed by atoms with van der Waals surface area (Å²) < 4.78 is 0. The molecule has 6 heteroatoms. The fourth-order valence-corrected chi connectivity index (χ4v) is 2.83. The number of nitrogens with zero attached hydrogens (tertiary/aromatic N) is 2. The number of aromatic hydroxyl groups is 1. The molecule has 1 aromatic rings. The maximum atomic E-state index is 12.6. The van der Waals surface area contributed by atoms with Crippen LogP contribution in [0.4, 0.5) is 0 Å². The van der Waals surface area contributed by atoms with Crippen molar-refractivity contribution in [2.24, 2.45) is 0 Å². The molecular weight excluding hydrogens is 290 g/mol. The van der Waals surface area contributed by atoms with E-state index >= 15 is 0 Å². The van der Waals surface area contributed by atoms with Crippen molar-refractivity contribution in [2.75, 3.05) is 33.7 Å². The maximum absolute atomic E-state index is 12.6. The topological polar surface area (TPSA) is 55.8 Å². The Bertz CT molecular complexity index is 522. The molecule has 5 nitrogen and oxygen atoms in total. The third-order valence-electron chi connectivity index (χ3n) is 3.73. The lowest BCUT2D eigenvalue weighted by molar-refractivity contribution is -0.135. The molecule has 0 saturated carbocycles. The summed E-state index contributed by atoms with van der Waals surface area (Å²) in [5.41, 5.74) is 0.811. The van der Waals surface area contributed by atoms with Crippen molar-refractivity contribution in [2.45, 2.75) is 19.0 Å². The summed E-state index contributed by atoms with van der Waals surface area (Å²) >= 11 is 6.00. The van der Waals surface area contributed by atoms with Crippen molar-refractivity contribution in [3.8, 4) is 5.75 Å². The lowest BCUT2D eigenvalue weighted by atomic mass is 10.0. The van der Waals surface area contributed by atoms with Crippen LogP contribution in [-0.4, -0.2) is 60.6 Å². The fraction of sp³-hybridized carbons (Fsp3) is 0.533. The zero-order chi connectivity index (χ0) is 15.6. The number of phenols is 1. The smallest absolute Gasteiger partial charge is 0.244 e. The van der Waals surface area contributed by atoms with Crippen LogP contribution >= 0.6 is 11.6 Å². The molecule has 1 amide bonds. The van der Waals surface area contributed by atoms with Gasteiger partial charge in [-0.25, -0.2) is 0 Å². The Morgan fingerprint density at radius 1 is 1.52 bits per heavy atom. The molecule has 1 aromatic carbocycles. The van der Waals surface area contributed by atoms with Crippen LogP contribution in [0.5, 0.6) is 5.75 Å². The summed E-state index contributed by atoms with van der Waals surface area (Å²) in [6.07, 6.45) is 0. The summed E-state index contributed by atoms with van der Waals surface area (Å²) in [4.78, 5) is 16.4. The summed E-state index contributed by atoms with van der Waals surface area (Å²) in [5.74, 6) is 0.0519. The number of halogens is 1. The minimum atomic E-state index is -0.373. The third-order valence-corrected chi connectivity index (χ3v) is 4.03. The Kier molecular flexibility index (Phi) is 5.08. The Balaban J connectivity index is 2.35. The standard InChI is InChI=1S/C15H22ClN3O2/c1-10-9-19(7-6-17-10)14(15(21)18(2)3)11-4-5-13(20)12(16)8-11/h4-5,8,10,14,17,20H,6-7,9H2,1-3H3. The highest BCUT2D eigenvalue weighted by Gasteiger charge is 2.31. The largest absolute Gasteiger partial charge is 0.506 e. The molecule has 2 atom stereocenters. The van der Waals surface area contributed by atoms with E-state index < -0.39 is 0 Å². The van der Waals surface area contributed by atoms with Crippen LogP contribution in [0, 0.1) is 0 Å². The number of hydrogen-bond donors (Lipinski definition) is 2. The van der Waals surface area contributed by atoms with Gasteiger partial charge in [-0.3, -0.25) is 9.69 Å². The Morgan fingerprint density at radius 3 is 2.81 bits per heavy atom. The van der Waals surface area contributed by atoms with Crippen molar-refractivity contribution in [3.05, 3.63) is 28.8 Å². The molecule has 21 heavy (non-hydrogen) atoms. The second-order valence-corrected chi connectivity index (χ2v) is 6.10. The molecule has 1 fully saturated rings. The zero-order valence-electron chi connectivity index (χ0n) is 12.6. The molecule has 0 spiro atoms. The third kappa shape index (κ3) is 3.67. The highest BCUT2D eigenvalue weighted by molar-refractivity contribution is 6.32. The van der Waals surface area contributed by atoms with Crippen molar-refractivity contribution in [1.82, 2.24) is 15.1 Å². The highest BCUT2D eigenvalue weighted by atomic mass is 35.5. The van der Waals surface area contributed by atoms with Gasteiger partial charge in [-0.1, -0.05) is 17.7 Å². The average Bonchev–Trinajstić information content (AvgIpc) is 2.43. The van der Waals surface area contributed by atoms with E-state index in [4.69, 9.17) is 11.6 Å². The van der Waals surface area contributed by atoms with E-state index in [1.165, 1.54) is 0 Å². The summed E-state index contributed by atoms with van der Waals surface area (Å²) in [5, 5.41) is 13.2. The van der Waals surface area contributed by atoms with Gasteiger partial charge >= 0.3 is 0 Å². The first-order chi connectivity index (χ1) is 9.90. The summed E-state index contributed by atoms with van der Waals surface area (Å²) in [6, 6.07) is 4.95. The molecule has 2 unspecified atom stereocenters. The summed E-state index contributed by atoms with van der Waals surface area (Å²) in [6.45, 7) is 4.55. The van der Waals surface area contributed by atoms with Gasteiger partial charge < -0.3 is 15.3 Å². The number of rotatable bonds is 3. The van der Waals surface area contributed by atoms with Crippen LogP contribution in [-0.2, 0) is 4.79 Å². The second kappa shape index (κ2) is 6.64. The first-order valence-electron chi connectivity index (χ1n) is 7.07. The minimum absolute atomic E-state index is 0.0193. The van der Waals surface area contributed by atoms with Gasteiger partial charge in [0.2, 0.25) is 5.91 Å². The van der Waals surface area contributed by atoms with E-state index in [2.05, 4.69) is 17.1 Å². The van der Waals surface area contributed by atoms with Gasteiger partial charge in [-0.2, -0.15) is 0 Å². The number of piperazine rings is 1. The van der Waals surface area contributed by atoms with Gasteiger partial charge in [0, 0.05) is 39.8 Å². The van der Waals surface area contributed by atoms with Crippen LogP contribution in [0.2, 0.25) is 5.02 Å². The number of nitrogens with one attached hydrogen (secondary N) is 1. The number of hydrogen-bond acceptors (Lipinski definition) is 4. The molecular formula is C15H22ClN3O2.